The van der Waals surface area contributed by atoms with Crippen molar-refractivity contribution >= 4 is 23.5 Å². The molecule has 1 aromatic carbocycles. The molecule has 9 nitrogen and oxygen atoms in total. The predicted molar refractivity (Wildman–Crippen MR) is 91.4 cm³/mol. The number of ether oxygens (including phenoxy) is 2. The maximum Gasteiger partial charge on any atom is 0.573 e. The topological polar surface area (TPSA) is 117 Å². The van der Waals surface area contributed by atoms with Crippen LogP contribution in [0.3, 0.4) is 0 Å². The van der Waals surface area contributed by atoms with Crippen LogP contribution in [0.15, 0.2) is 24.3 Å². The highest BCUT2D eigenvalue weighted by Gasteiger charge is 2.32. The zero-order valence-corrected chi connectivity index (χ0v) is 15.0. The van der Waals surface area contributed by atoms with E-state index in [1.165, 1.54) is 10.6 Å². The van der Waals surface area contributed by atoms with E-state index < -0.39 is 29.9 Å². The Morgan fingerprint density at radius 3 is 2.62 bits per heavy atom. The second kappa shape index (κ2) is 7.41. The molecule has 0 spiro atoms. The molecule has 3 aromatic rings. The van der Waals surface area contributed by atoms with Crippen molar-refractivity contribution in [2.24, 2.45) is 0 Å². The van der Waals surface area contributed by atoms with Gasteiger partial charge in [-0.2, -0.15) is 9.50 Å². The Morgan fingerprint density at radius 2 is 2.00 bits per heavy atom. The molecule has 0 saturated heterocycles. The minimum absolute atomic E-state index is 0.0828. The number of alkyl halides is 3. The third kappa shape index (κ3) is 4.44. The summed E-state index contributed by atoms with van der Waals surface area (Å²) in [6.07, 6.45) is -4.98. The molecule has 13 heteroatoms. The Balaban J connectivity index is 2.01. The number of nitrogen functional groups attached to an aromatic ring is 1. The normalized spacial score (nSPS) is 12.6. The van der Waals surface area contributed by atoms with Gasteiger partial charge < -0.3 is 20.5 Å². The van der Waals surface area contributed by atoms with Gasteiger partial charge in [-0.05, 0) is 19.1 Å². The molecule has 1 atom stereocenters. The van der Waals surface area contributed by atoms with Gasteiger partial charge in [-0.1, -0.05) is 0 Å². The Bertz CT molecular complexity index is 1070. The molecule has 0 fully saturated rings. The van der Waals surface area contributed by atoms with Gasteiger partial charge in [0.05, 0.1) is 7.11 Å². The number of hydrogen-bond acceptors (Lipinski definition) is 8. The second-order valence-electron chi connectivity index (χ2n) is 5.80. The fourth-order valence-electron chi connectivity index (χ4n) is 2.57. The smallest absolute Gasteiger partial charge is 0.467 e. The van der Waals surface area contributed by atoms with E-state index >= 15 is 0 Å². The molecule has 2 heterocycles. The molecule has 2 aromatic heterocycles. The van der Waals surface area contributed by atoms with Gasteiger partial charge in [0.2, 0.25) is 5.95 Å². The summed E-state index contributed by atoms with van der Waals surface area (Å²) in [5.41, 5.74) is 5.78. The van der Waals surface area contributed by atoms with E-state index in [4.69, 9.17) is 5.73 Å². The molecule has 0 amide bonds. The highest BCUT2D eigenvalue weighted by atomic mass is 19.4. The van der Waals surface area contributed by atoms with Gasteiger partial charge in [0.1, 0.15) is 17.4 Å². The molecule has 0 radical (unpaired) electrons. The zero-order chi connectivity index (χ0) is 21.3. The number of esters is 1. The number of methoxy groups -OCH3 is 1. The fraction of sp³-hybridized carbons (Fsp3) is 0.250. The number of aryl methyl sites for hydroxylation is 1. The van der Waals surface area contributed by atoms with E-state index in [2.05, 4.69) is 29.9 Å². The Labute approximate surface area is 160 Å². The first-order valence-electron chi connectivity index (χ1n) is 7.97. The van der Waals surface area contributed by atoms with Crippen LogP contribution in [0.2, 0.25) is 0 Å². The van der Waals surface area contributed by atoms with Gasteiger partial charge >= 0.3 is 12.3 Å². The number of hydrogen-bond donors (Lipinski definition) is 2. The summed E-state index contributed by atoms with van der Waals surface area (Å²) in [6.45, 7) is 1.65. The van der Waals surface area contributed by atoms with Crippen molar-refractivity contribution in [2.75, 3.05) is 18.2 Å². The number of nitrogens with zero attached hydrogens (tertiary/aromatic N) is 4. The van der Waals surface area contributed by atoms with Crippen LogP contribution in [0.4, 0.5) is 29.3 Å². The van der Waals surface area contributed by atoms with Crippen molar-refractivity contribution in [2.45, 2.75) is 19.3 Å². The van der Waals surface area contributed by atoms with Crippen LogP contribution in [-0.2, 0) is 9.53 Å². The van der Waals surface area contributed by atoms with E-state index in [0.29, 0.717) is 11.8 Å². The van der Waals surface area contributed by atoms with Crippen molar-refractivity contribution < 1.29 is 31.8 Å². The lowest BCUT2D eigenvalue weighted by Gasteiger charge is -2.19. The average molecular weight is 414 g/mol. The lowest BCUT2D eigenvalue weighted by atomic mass is 10.1. The maximum absolute atomic E-state index is 14.5. The molecule has 0 aliphatic rings. The summed E-state index contributed by atoms with van der Waals surface area (Å²) in [5.74, 6) is -2.56. The summed E-state index contributed by atoms with van der Waals surface area (Å²) >= 11 is 0. The van der Waals surface area contributed by atoms with Crippen LogP contribution >= 0.6 is 0 Å². The number of nitrogens with two attached hydrogens (primary N) is 1. The molecular weight excluding hydrogens is 400 g/mol. The molecule has 154 valence electrons. The number of aromatic nitrogens is 4. The third-order valence-electron chi connectivity index (χ3n) is 3.70. The number of halogens is 4. The van der Waals surface area contributed by atoms with Crippen LogP contribution in [0.1, 0.15) is 17.3 Å². The quantitative estimate of drug-likeness (QED) is 0.483. The van der Waals surface area contributed by atoms with Crippen LogP contribution < -0.4 is 15.8 Å². The Morgan fingerprint density at radius 1 is 1.28 bits per heavy atom. The van der Waals surface area contributed by atoms with Gasteiger partial charge in [-0.15, -0.1) is 18.3 Å². The Hall–Kier alpha value is -3.64. The van der Waals surface area contributed by atoms with E-state index in [9.17, 15) is 22.4 Å². The molecule has 0 bridgehead atoms. The minimum atomic E-state index is -4.98. The molecule has 3 rings (SSSR count). The number of carbonyl (C=O) groups is 1. The number of rotatable bonds is 5. The first-order valence-corrected chi connectivity index (χ1v) is 7.97. The first kappa shape index (κ1) is 20.1. The molecule has 29 heavy (non-hydrogen) atoms. The summed E-state index contributed by atoms with van der Waals surface area (Å²) in [4.78, 5) is 20.3. The van der Waals surface area contributed by atoms with Crippen LogP contribution in [0.25, 0.3) is 5.78 Å². The molecule has 0 saturated carbocycles. The monoisotopic (exact) mass is 414 g/mol. The Kier molecular flexibility index (Phi) is 5.14. The summed E-state index contributed by atoms with van der Waals surface area (Å²) in [6, 6.07) is 2.45. The third-order valence-corrected chi connectivity index (χ3v) is 3.70. The van der Waals surface area contributed by atoms with Crippen LogP contribution in [0.5, 0.6) is 5.75 Å². The number of carbonyl (C=O) groups excluding carboxylic acids is 1. The first-order chi connectivity index (χ1) is 13.6. The van der Waals surface area contributed by atoms with Crippen molar-refractivity contribution in [1.29, 1.82) is 0 Å². The largest absolute Gasteiger partial charge is 0.573 e. The number of fused-ring (bicyclic) bond motifs is 1. The molecule has 0 unspecified atom stereocenters. The van der Waals surface area contributed by atoms with Crippen molar-refractivity contribution in [3.63, 3.8) is 0 Å². The fourth-order valence-corrected chi connectivity index (χ4v) is 2.57. The van der Waals surface area contributed by atoms with E-state index in [1.54, 1.807) is 6.92 Å². The SMILES string of the molecule is COC(=O)[C@H](Nc1cc(C)nc2nc(N)nn12)c1ccc(OC(F)(F)F)cc1F. The van der Waals surface area contributed by atoms with Gasteiger partial charge in [-0.3, -0.25) is 0 Å². The maximum atomic E-state index is 14.5. The van der Waals surface area contributed by atoms with Gasteiger partial charge in [0.25, 0.3) is 5.78 Å². The van der Waals surface area contributed by atoms with E-state index in [0.717, 1.165) is 19.2 Å². The van der Waals surface area contributed by atoms with E-state index in [1.807, 2.05) is 0 Å². The van der Waals surface area contributed by atoms with Crippen molar-refractivity contribution in [3.8, 4) is 5.75 Å². The van der Waals surface area contributed by atoms with Crippen LogP contribution in [0, 0.1) is 12.7 Å². The molecule has 0 aliphatic carbocycles. The highest BCUT2D eigenvalue weighted by molar-refractivity contribution is 5.81. The predicted octanol–water partition coefficient (Wildman–Crippen LogP) is 2.38. The summed E-state index contributed by atoms with van der Waals surface area (Å²) < 4.78 is 61.0. The second-order valence-corrected chi connectivity index (χ2v) is 5.80. The molecule has 3 N–H and O–H groups in total. The lowest BCUT2D eigenvalue weighted by molar-refractivity contribution is -0.274. The van der Waals surface area contributed by atoms with Crippen molar-refractivity contribution in [3.05, 3.63) is 41.3 Å². The highest BCUT2D eigenvalue weighted by Crippen LogP contribution is 2.29. The summed E-state index contributed by atoms with van der Waals surface area (Å²) in [5, 5.41) is 6.67. The average Bonchev–Trinajstić information content (AvgIpc) is 2.98. The van der Waals surface area contributed by atoms with Gasteiger partial charge in [-0.25, -0.2) is 14.2 Å². The van der Waals surface area contributed by atoms with Crippen LogP contribution in [-0.4, -0.2) is 39.0 Å². The van der Waals surface area contributed by atoms with Gasteiger partial charge in [0, 0.05) is 23.4 Å². The summed E-state index contributed by atoms with van der Waals surface area (Å²) in [7, 11) is 1.08. The zero-order valence-electron chi connectivity index (χ0n) is 15.0. The molecular formula is C16H14F4N6O3. The number of anilines is 2. The number of nitrogens with one attached hydrogen (secondary N) is 1. The van der Waals surface area contributed by atoms with Crippen molar-refractivity contribution in [1.82, 2.24) is 19.6 Å². The minimum Gasteiger partial charge on any atom is -0.467 e. The van der Waals surface area contributed by atoms with Gasteiger partial charge in [0.15, 0.2) is 6.04 Å². The number of benzene rings is 1. The van der Waals surface area contributed by atoms with E-state index in [-0.39, 0.29) is 23.1 Å². The lowest BCUT2D eigenvalue weighted by Crippen LogP contribution is -2.25. The molecule has 0 aliphatic heterocycles. The standard InChI is InChI=1S/C16H14F4N6O3/c1-7-5-11(26-15(22-7)24-14(21)25-26)23-12(13(27)28-2)9-4-3-8(6-10(9)17)29-16(18,19)20/h3-6,12,23H,1-2H3,(H2,21,25)/t12-/m1/s1.